The summed E-state index contributed by atoms with van der Waals surface area (Å²) in [5.41, 5.74) is 0. The number of amides is 2. The topological polar surface area (TPSA) is 78.4 Å². The van der Waals surface area contributed by atoms with Gasteiger partial charge in [0.15, 0.2) is 5.16 Å². The average Bonchev–Trinajstić information content (AvgIpc) is 2.58. The Balaban J connectivity index is 2.01. The van der Waals surface area contributed by atoms with Gasteiger partial charge in [-0.2, -0.15) is 0 Å². The summed E-state index contributed by atoms with van der Waals surface area (Å²) < 4.78 is 0. The summed E-state index contributed by atoms with van der Waals surface area (Å²) >= 11 is 7.45. The van der Waals surface area contributed by atoms with Gasteiger partial charge in [0.25, 0.3) is 0 Å². The van der Waals surface area contributed by atoms with Crippen LogP contribution in [-0.4, -0.2) is 64.2 Å². The van der Waals surface area contributed by atoms with E-state index in [1.165, 1.54) is 11.8 Å². The summed E-state index contributed by atoms with van der Waals surface area (Å²) in [7, 11) is 0. The summed E-state index contributed by atoms with van der Waals surface area (Å²) in [6.45, 7) is 12.1. The molecule has 156 valence electrons. The van der Waals surface area contributed by atoms with Gasteiger partial charge in [0.1, 0.15) is 11.0 Å². The third kappa shape index (κ3) is 6.81. The quantitative estimate of drug-likeness (QED) is 0.409. The SMILES string of the molecule is CC(C)CC(=O)N1CCN(c2cc(Cl)nc(SCC(=O)NC(C)C)n2)CC1C. The largest absolute Gasteiger partial charge is 0.353 e. The minimum atomic E-state index is -0.0592. The monoisotopic (exact) mass is 427 g/mol. The van der Waals surface area contributed by atoms with Crippen molar-refractivity contribution in [2.75, 3.05) is 30.3 Å². The maximum absolute atomic E-state index is 12.4. The lowest BCUT2D eigenvalue weighted by atomic mass is 10.1. The highest BCUT2D eigenvalue weighted by Gasteiger charge is 2.28. The second-order valence-electron chi connectivity index (χ2n) is 7.82. The van der Waals surface area contributed by atoms with Gasteiger partial charge in [-0.1, -0.05) is 37.2 Å². The van der Waals surface area contributed by atoms with E-state index in [1.54, 1.807) is 6.07 Å². The Morgan fingerprint density at radius 3 is 2.61 bits per heavy atom. The molecule has 1 saturated heterocycles. The van der Waals surface area contributed by atoms with Crippen LogP contribution in [0, 0.1) is 5.92 Å². The van der Waals surface area contributed by atoms with Crippen LogP contribution in [0.3, 0.4) is 0 Å². The second kappa shape index (κ2) is 10.3. The number of rotatable bonds is 7. The molecule has 1 aliphatic rings. The van der Waals surface area contributed by atoms with E-state index in [0.717, 1.165) is 5.82 Å². The standard InChI is InChI=1S/C19H30ClN5O2S/c1-12(2)8-18(27)25-7-6-24(10-14(25)5)16-9-15(20)22-19(23-16)28-11-17(26)21-13(3)4/h9,12-14H,6-8,10-11H2,1-5H3,(H,21,26). The number of hydrogen-bond donors (Lipinski definition) is 1. The average molecular weight is 428 g/mol. The molecule has 2 heterocycles. The molecule has 2 amide bonds. The molecule has 7 nitrogen and oxygen atoms in total. The third-order valence-corrected chi connectivity index (χ3v) is 5.34. The minimum absolute atomic E-state index is 0.0592. The van der Waals surface area contributed by atoms with Gasteiger partial charge >= 0.3 is 0 Å². The van der Waals surface area contributed by atoms with E-state index in [0.29, 0.717) is 42.3 Å². The Hall–Kier alpha value is -1.54. The van der Waals surface area contributed by atoms with Crippen molar-refractivity contribution < 1.29 is 9.59 Å². The van der Waals surface area contributed by atoms with Gasteiger partial charge in [-0.3, -0.25) is 9.59 Å². The highest BCUT2D eigenvalue weighted by Crippen LogP contribution is 2.24. The predicted octanol–water partition coefficient (Wildman–Crippen LogP) is 2.83. The molecular weight excluding hydrogens is 398 g/mol. The zero-order valence-corrected chi connectivity index (χ0v) is 18.8. The van der Waals surface area contributed by atoms with E-state index in [-0.39, 0.29) is 29.7 Å². The maximum Gasteiger partial charge on any atom is 0.230 e. The van der Waals surface area contributed by atoms with E-state index >= 15 is 0 Å². The van der Waals surface area contributed by atoms with Crippen molar-refractivity contribution in [2.24, 2.45) is 5.92 Å². The van der Waals surface area contributed by atoms with Crippen molar-refractivity contribution >= 4 is 41.0 Å². The summed E-state index contributed by atoms with van der Waals surface area (Å²) in [5, 5.41) is 3.67. The van der Waals surface area contributed by atoms with Crippen LogP contribution in [0.5, 0.6) is 0 Å². The Labute approximate surface area is 176 Å². The second-order valence-corrected chi connectivity index (χ2v) is 9.15. The summed E-state index contributed by atoms with van der Waals surface area (Å²) in [6.07, 6.45) is 0.572. The molecule has 0 aromatic carbocycles. The summed E-state index contributed by atoms with van der Waals surface area (Å²) in [6, 6.07) is 1.93. The van der Waals surface area contributed by atoms with Crippen LogP contribution >= 0.6 is 23.4 Å². The van der Waals surface area contributed by atoms with Gasteiger partial charge in [-0.25, -0.2) is 9.97 Å². The van der Waals surface area contributed by atoms with Crippen molar-refractivity contribution in [3.63, 3.8) is 0 Å². The summed E-state index contributed by atoms with van der Waals surface area (Å²) in [5.74, 6) is 1.47. The Kier molecular flexibility index (Phi) is 8.37. The number of piperazine rings is 1. The van der Waals surface area contributed by atoms with Crippen molar-refractivity contribution in [3.8, 4) is 0 Å². The first kappa shape index (κ1) is 22.7. The molecule has 1 aromatic heterocycles. The minimum Gasteiger partial charge on any atom is -0.353 e. The number of hydrogen-bond acceptors (Lipinski definition) is 6. The van der Waals surface area contributed by atoms with Crippen molar-refractivity contribution in [1.82, 2.24) is 20.2 Å². The molecule has 0 aliphatic carbocycles. The van der Waals surface area contributed by atoms with Crippen LogP contribution in [0.15, 0.2) is 11.2 Å². The third-order valence-electron chi connectivity index (χ3n) is 4.30. The van der Waals surface area contributed by atoms with Crippen LogP contribution in [0.25, 0.3) is 0 Å². The highest BCUT2D eigenvalue weighted by atomic mass is 35.5. The zero-order valence-electron chi connectivity index (χ0n) is 17.2. The normalized spacial score (nSPS) is 17.4. The fraction of sp³-hybridized carbons (Fsp3) is 0.684. The Morgan fingerprint density at radius 1 is 1.29 bits per heavy atom. The number of anilines is 1. The van der Waals surface area contributed by atoms with Crippen LogP contribution in [0.4, 0.5) is 5.82 Å². The van der Waals surface area contributed by atoms with Crippen molar-refractivity contribution in [2.45, 2.75) is 58.3 Å². The molecule has 1 atom stereocenters. The lowest BCUT2D eigenvalue weighted by Crippen LogP contribution is -2.54. The first-order valence-corrected chi connectivity index (χ1v) is 11.0. The number of nitrogens with zero attached hydrogens (tertiary/aromatic N) is 4. The van der Waals surface area contributed by atoms with Gasteiger partial charge in [-0.15, -0.1) is 0 Å². The number of carbonyl (C=O) groups is 2. The number of thioether (sulfide) groups is 1. The predicted molar refractivity (Wildman–Crippen MR) is 114 cm³/mol. The Morgan fingerprint density at radius 2 is 2.00 bits per heavy atom. The molecule has 0 bridgehead atoms. The van der Waals surface area contributed by atoms with Gasteiger partial charge in [0, 0.05) is 44.2 Å². The molecule has 1 fully saturated rings. The number of halogens is 1. The van der Waals surface area contributed by atoms with Crippen LogP contribution in [-0.2, 0) is 9.59 Å². The van der Waals surface area contributed by atoms with Gasteiger partial charge in [-0.05, 0) is 26.7 Å². The van der Waals surface area contributed by atoms with Crippen LogP contribution < -0.4 is 10.2 Å². The zero-order chi connectivity index (χ0) is 20.8. The molecule has 1 N–H and O–H groups in total. The molecule has 1 unspecified atom stereocenters. The molecule has 28 heavy (non-hydrogen) atoms. The fourth-order valence-corrected chi connectivity index (χ4v) is 4.00. The smallest absolute Gasteiger partial charge is 0.230 e. The Bertz CT molecular complexity index is 701. The van der Waals surface area contributed by atoms with Crippen LogP contribution in [0.1, 0.15) is 41.0 Å². The van der Waals surface area contributed by atoms with E-state index in [9.17, 15) is 9.59 Å². The van der Waals surface area contributed by atoms with E-state index in [2.05, 4.69) is 41.0 Å². The number of nitrogens with one attached hydrogen (secondary N) is 1. The van der Waals surface area contributed by atoms with Gasteiger partial charge in [0.2, 0.25) is 11.8 Å². The maximum atomic E-state index is 12.4. The first-order chi connectivity index (χ1) is 13.2. The van der Waals surface area contributed by atoms with E-state index in [1.807, 2.05) is 18.7 Å². The molecule has 0 saturated carbocycles. The number of aromatic nitrogens is 2. The molecule has 1 aliphatic heterocycles. The lowest BCUT2D eigenvalue weighted by Gasteiger charge is -2.40. The molecule has 9 heteroatoms. The highest BCUT2D eigenvalue weighted by molar-refractivity contribution is 7.99. The molecule has 1 aromatic rings. The van der Waals surface area contributed by atoms with Gasteiger partial charge < -0.3 is 15.1 Å². The van der Waals surface area contributed by atoms with Gasteiger partial charge in [0.05, 0.1) is 5.75 Å². The number of carbonyl (C=O) groups excluding carboxylic acids is 2. The van der Waals surface area contributed by atoms with E-state index < -0.39 is 0 Å². The van der Waals surface area contributed by atoms with Crippen molar-refractivity contribution in [1.29, 1.82) is 0 Å². The van der Waals surface area contributed by atoms with Crippen LogP contribution in [0.2, 0.25) is 5.15 Å². The van der Waals surface area contributed by atoms with Crippen molar-refractivity contribution in [3.05, 3.63) is 11.2 Å². The fourth-order valence-electron chi connectivity index (χ4n) is 3.11. The molecular formula is C19H30ClN5O2S. The molecule has 2 rings (SSSR count). The lowest BCUT2D eigenvalue weighted by molar-refractivity contribution is -0.134. The first-order valence-electron chi connectivity index (χ1n) is 9.66. The molecule has 0 radical (unpaired) electrons. The summed E-state index contributed by atoms with van der Waals surface area (Å²) in [4.78, 5) is 37.1. The van der Waals surface area contributed by atoms with E-state index in [4.69, 9.17) is 11.6 Å². The molecule has 0 spiro atoms.